The Labute approximate surface area is 187 Å². The summed E-state index contributed by atoms with van der Waals surface area (Å²) >= 11 is 1.16. The molecule has 0 unspecified atom stereocenters. The van der Waals surface area contributed by atoms with Gasteiger partial charge in [-0.05, 0) is 43.3 Å². The number of methoxy groups -OCH3 is 3. The van der Waals surface area contributed by atoms with Crippen molar-refractivity contribution in [3.05, 3.63) is 52.3 Å². The first-order valence-electron chi connectivity index (χ1n) is 9.60. The molecule has 0 aliphatic rings. The van der Waals surface area contributed by atoms with E-state index in [1.807, 2.05) is 0 Å². The van der Waals surface area contributed by atoms with Gasteiger partial charge in [0.15, 0.2) is 4.80 Å². The average Bonchev–Trinajstić information content (AvgIpc) is 3.13. The molecule has 1 amide bonds. The van der Waals surface area contributed by atoms with Gasteiger partial charge in [-0.2, -0.15) is 4.99 Å². The maximum atomic E-state index is 13.0. The molecule has 0 N–H and O–H groups in total. The molecule has 32 heavy (non-hydrogen) atoms. The number of hydrogen-bond acceptors (Lipinski definition) is 8. The quantitative estimate of drug-likeness (QED) is 0.501. The third-order valence-electron chi connectivity index (χ3n) is 4.53. The molecule has 0 radical (unpaired) electrons. The Kier molecular flexibility index (Phi) is 7.26. The van der Waals surface area contributed by atoms with Gasteiger partial charge in [0.1, 0.15) is 18.0 Å². The van der Waals surface area contributed by atoms with Gasteiger partial charge in [-0.1, -0.05) is 11.3 Å². The monoisotopic (exact) mass is 458 g/mol. The number of carbonyl (C=O) groups excluding carboxylic acids is 3. The summed E-state index contributed by atoms with van der Waals surface area (Å²) in [6.07, 6.45) is 0. The lowest BCUT2D eigenvalue weighted by Crippen LogP contribution is -2.23. The molecule has 9 nitrogen and oxygen atoms in total. The minimum absolute atomic E-state index is 0.146. The summed E-state index contributed by atoms with van der Waals surface area (Å²) in [6.45, 7) is 1.79. The summed E-state index contributed by atoms with van der Waals surface area (Å²) in [5, 5.41) is 0. The molecule has 0 saturated heterocycles. The van der Waals surface area contributed by atoms with Crippen LogP contribution in [-0.4, -0.2) is 50.3 Å². The second-order valence-electron chi connectivity index (χ2n) is 6.43. The minimum atomic E-state index is -0.571. The number of esters is 2. The van der Waals surface area contributed by atoms with E-state index in [0.29, 0.717) is 27.3 Å². The molecule has 168 valence electrons. The van der Waals surface area contributed by atoms with Crippen molar-refractivity contribution in [2.75, 3.05) is 27.9 Å². The van der Waals surface area contributed by atoms with Gasteiger partial charge in [-0.25, -0.2) is 4.79 Å². The molecule has 0 aliphatic carbocycles. The fraction of sp³-hybridized carbons (Fsp3) is 0.273. The molecule has 0 atom stereocenters. The van der Waals surface area contributed by atoms with Crippen LogP contribution in [0.4, 0.5) is 0 Å². The highest BCUT2D eigenvalue weighted by molar-refractivity contribution is 7.16. The van der Waals surface area contributed by atoms with Crippen LogP contribution >= 0.6 is 11.3 Å². The highest BCUT2D eigenvalue weighted by atomic mass is 32.1. The lowest BCUT2D eigenvalue weighted by atomic mass is 10.2. The van der Waals surface area contributed by atoms with Gasteiger partial charge >= 0.3 is 11.9 Å². The Morgan fingerprint density at radius 2 is 1.81 bits per heavy atom. The van der Waals surface area contributed by atoms with Crippen molar-refractivity contribution in [3.63, 3.8) is 0 Å². The van der Waals surface area contributed by atoms with E-state index in [9.17, 15) is 14.4 Å². The van der Waals surface area contributed by atoms with Gasteiger partial charge in [0.2, 0.25) is 0 Å². The van der Waals surface area contributed by atoms with E-state index in [-0.39, 0.29) is 23.5 Å². The molecule has 0 fully saturated rings. The van der Waals surface area contributed by atoms with Gasteiger partial charge in [-0.3, -0.25) is 9.59 Å². The summed E-state index contributed by atoms with van der Waals surface area (Å²) in [5.41, 5.74) is 1.18. The number of ether oxygens (including phenoxy) is 4. The Bertz CT molecular complexity index is 1240. The first-order valence-corrected chi connectivity index (χ1v) is 10.4. The van der Waals surface area contributed by atoms with E-state index in [2.05, 4.69) is 4.99 Å². The standard InChI is InChI=1S/C22H22N2O7S/c1-5-31-19(25)12-24-16-8-6-13(21(27)30-4)10-18(16)32-22(24)23-20(26)15-11-14(28-2)7-9-17(15)29-3/h6-11H,5,12H2,1-4H3. The molecule has 1 heterocycles. The zero-order chi connectivity index (χ0) is 23.3. The number of carbonyl (C=O) groups is 3. The van der Waals surface area contributed by atoms with Gasteiger partial charge in [0.25, 0.3) is 5.91 Å². The number of nitrogens with zero attached hydrogens (tertiary/aromatic N) is 2. The number of aromatic nitrogens is 1. The van der Waals surface area contributed by atoms with Crippen LogP contribution in [0.3, 0.4) is 0 Å². The predicted molar refractivity (Wildman–Crippen MR) is 117 cm³/mol. The Hall–Kier alpha value is -3.66. The van der Waals surface area contributed by atoms with Crippen molar-refractivity contribution in [1.82, 2.24) is 4.57 Å². The normalized spacial score (nSPS) is 11.3. The third kappa shape index (κ3) is 4.80. The largest absolute Gasteiger partial charge is 0.497 e. The Morgan fingerprint density at radius 1 is 1.03 bits per heavy atom. The van der Waals surface area contributed by atoms with E-state index in [1.165, 1.54) is 27.4 Å². The molecule has 3 aromatic rings. The van der Waals surface area contributed by atoms with Crippen molar-refractivity contribution in [2.24, 2.45) is 4.99 Å². The highest BCUT2D eigenvalue weighted by Crippen LogP contribution is 2.25. The number of hydrogen-bond donors (Lipinski definition) is 0. The van der Waals surface area contributed by atoms with Crippen LogP contribution in [0.25, 0.3) is 10.2 Å². The summed E-state index contributed by atoms with van der Waals surface area (Å²) in [4.78, 5) is 41.6. The van der Waals surface area contributed by atoms with Crippen LogP contribution in [0.5, 0.6) is 11.5 Å². The van der Waals surface area contributed by atoms with Gasteiger partial charge < -0.3 is 23.5 Å². The second kappa shape index (κ2) is 10.1. The second-order valence-corrected chi connectivity index (χ2v) is 7.44. The Balaban J connectivity index is 2.17. The SMILES string of the molecule is CCOC(=O)Cn1c(=NC(=O)c2cc(OC)ccc2OC)sc2cc(C(=O)OC)ccc21. The number of benzene rings is 2. The van der Waals surface area contributed by atoms with Gasteiger partial charge in [-0.15, -0.1) is 0 Å². The predicted octanol–water partition coefficient (Wildman–Crippen LogP) is 2.81. The van der Waals surface area contributed by atoms with Crippen LogP contribution in [0, 0.1) is 0 Å². The molecule has 10 heteroatoms. The number of rotatable bonds is 7. The molecule has 3 rings (SSSR count). The van der Waals surface area contributed by atoms with Crippen molar-refractivity contribution in [3.8, 4) is 11.5 Å². The first kappa shape index (κ1) is 23.0. The van der Waals surface area contributed by atoms with Crippen LogP contribution in [0.2, 0.25) is 0 Å². The summed E-state index contributed by atoms with van der Waals surface area (Å²) in [6, 6.07) is 9.70. The van der Waals surface area contributed by atoms with E-state index in [1.54, 1.807) is 41.8 Å². The van der Waals surface area contributed by atoms with Crippen LogP contribution in [0.1, 0.15) is 27.6 Å². The van der Waals surface area contributed by atoms with E-state index >= 15 is 0 Å². The lowest BCUT2D eigenvalue weighted by Gasteiger charge is -2.08. The van der Waals surface area contributed by atoms with Crippen LogP contribution in [-0.2, 0) is 20.8 Å². The number of amides is 1. The van der Waals surface area contributed by atoms with Crippen molar-refractivity contribution < 1.29 is 33.3 Å². The molecule has 0 aliphatic heterocycles. The third-order valence-corrected chi connectivity index (χ3v) is 5.57. The molecule has 0 bridgehead atoms. The van der Waals surface area contributed by atoms with Gasteiger partial charge in [0, 0.05) is 0 Å². The summed E-state index contributed by atoms with van der Waals surface area (Å²) in [5.74, 6) is -0.725. The summed E-state index contributed by atoms with van der Waals surface area (Å²) < 4.78 is 22.5. The smallest absolute Gasteiger partial charge is 0.337 e. The molecular formula is C22H22N2O7S. The average molecular weight is 458 g/mol. The molecule has 0 saturated carbocycles. The van der Waals surface area contributed by atoms with E-state index in [0.717, 1.165) is 11.3 Å². The fourth-order valence-corrected chi connectivity index (χ4v) is 4.09. The fourth-order valence-electron chi connectivity index (χ4n) is 3.02. The van der Waals surface area contributed by atoms with Crippen molar-refractivity contribution in [2.45, 2.75) is 13.5 Å². The van der Waals surface area contributed by atoms with Crippen LogP contribution in [0.15, 0.2) is 41.4 Å². The topological polar surface area (TPSA) is 105 Å². The molecule has 1 aromatic heterocycles. The number of fused-ring (bicyclic) bond motifs is 1. The molecule has 0 spiro atoms. The van der Waals surface area contributed by atoms with E-state index < -0.39 is 17.8 Å². The first-order chi connectivity index (χ1) is 15.4. The minimum Gasteiger partial charge on any atom is -0.497 e. The van der Waals surface area contributed by atoms with Crippen LogP contribution < -0.4 is 14.3 Å². The van der Waals surface area contributed by atoms with E-state index in [4.69, 9.17) is 18.9 Å². The van der Waals surface area contributed by atoms with Gasteiger partial charge in [0.05, 0.1) is 49.3 Å². The lowest BCUT2D eigenvalue weighted by molar-refractivity contribution is -0.143. The molecular weight excluding hydrogens is 436 g/mol. The Morgan fingerprint density at radius 3 is 2.47 bits per heavy atom. The molecule has 2 aromatic carbocycles. The summed E-state index contributed by atoms with van der Waals surface area (Å²) in [7, 11) is 4.24. The maximum Gasteiger partial charge on any atom is 0.337 e. The maximum absolute atomic E-state index is 13.0. The zero-order valence-electron chi connectivity index (χ0n) is 18.0. The van der Waals surface area contributed by atoms with Crippen molar-refractivity contribution >= 4 is 39.4 Å². The van der Waals surface area contributed by atoms with Crippen molar-refractivity contribution in [1.29, 1.82) is 0 Å². The zero-order valence-corrected chi connectivity index (χ0v) is 18.9. The number of thiazole rings is 1. The highest BCUT2D eigenvalue weighted by Gasteiger charge is 2.17.